The van der Waals surface area contributed by atoms with Crippen molar-refractivity contribution in [1.82, 2.24) is 5.23 Å². The Morgan fingerprint density at radius 1 is 1.53 bits per heavy atom. The van der Waals surface area contributed by atoms with Gasteiger partial charge in [-0.2, -0.15) is 0 Å². The summed E-state index contributed by atoms with van der Waals surface area (Å²) in [5.74, 6) is -1.11. The molecule has 1 rings (SSSR count). The molecule has 1 unspecified atom stereocenters. The van der Waals surface area contributed by atoms with Crippen LogP contribution in [0.1, 0.15) is 5.56 Å². The molecule has 0 spiro atoms. The maximum absolute atomic E-state index is 13.1. The quantitative estimate of drug-likeness (QED) is 0.529. The van der Waals surface area contributed by atoms with Crippen LogP contribution in [0.2, 0.25) is 0 Å². The third kappa shape index (κ3) is 4.98. The van der Waals surface area contributed by atoms with E-state index >= 15 is 0 Å². The number of methoxy groups -OCH3 is 1. The number of aliphatic hydroxyl groups excluding tert-OH is 1. The van der Waals surface area contributed by atoms with Crippen LogP contribution in [0, 0.1) is 5.82 Å². The van der Waals surface area contributed by atoms with E-state index in [4.69, 9.17) is 4.65 Å². The van der Waals surface area contributed by atoms with Crippen LogP contribution in [0.5, 0.6) is 0 Å². The summed E-state index contributed by atoms with van der Waals surface area (Å²) < 4.78 is 22.4. The molecule has 1 aromatic carbocycles. The number of ether oxygens (including phenoxy) is 1. The van der Waals surface area contributed by atoms with Gasteiger partial charge >= 0.3 is 13.6 Å². The lowest BCUT2D eigenvalue weighted by molar-refractivity contribution is -0.151. The van der Waals surface area contributed by atoms with Gasteiger partial charge in [-0.05, 0) is 24.1 Å². The van der Waals surface area contributed by atoms with Crippen molar-refractivity contribution in [3.8, 4) is 0 Å². The zero-order valence-electron chi connectivity index (χ0n) is 10.9. The summed E-state index contributed by atoms with van der Waals surface area (Å²) in [5, 5.41) is 12.7. The van der Waals surface area contributed by atoms with Gasteiger partial charge in [0.2, 0.25) is 0 Å². The van der Waals surface area contributed by atoms with E-state index in [0.29, 0.717) is 5.56 Å². The first-order valence-corrected chi connectivity index (χ1v) is 5.81. The van der Waals surface area contributed by atoms with Gasteiger partial charge in [-0.3, -0.25) is 0 Å². The van der Waals surface area contributed by atoms with Gasteiger partial charge in [0, 0.05) is 13.2 Å². The van der Waals surface area contributed by atoms with Gasteiger partial charge in [-0.15, -0.1) is 0 Å². The van der Waals surface area contributed by atoms with Gasteiger partial charge in [0.15, 0.2) is 6.10 Å². The van der Waals surface area contributed by atoms with E-state index in [9.17, 15) is 14.3 Å². The molecule has 0 saturated carbocycles. The van der Waals surface area contributed by atoms with E-state index in [1.807, 2.05) is 0 Å². The van der Waals surface area contributed by atoms with Crippen molar-refractivity contribution in [2.75, 3.05) is 14.2 Å². The molecule has 1 aromatic rings. The summed E-state index contributed by atoms with van der Waals surface area (Å²) in [6.45, 7) is 0. The number of halogens is 1. The standard InChI is InChI=1S/C12H17BFNO4/c1-18-12(17)11(16)10(15-13-19-2)7-8-4-3-5-9(14)6-8/h3-6,10-11,13,15-16H,7H2,1-2H3/t10?,11-/m1/s1. The maximum atomic E-state index is 13.1. The lowest BCUT2D eigenvalue weighted by Gasteiger charge is -2.22. The number of benzene rings is 1. The molecule has 5 nitrogen and oxygen atoms in total. The fourth-order valence-corrected chi connectivity index (χ4v) is 1.69. The van der Waals surface area contributed by atoms with Crippen LogP contribution in [0.3, 0.4) is 0 Å². The minimum atomic E-state index is -1.34. The van der Waals surface area contributed by atoms with Gasteiger partial charge in [-0.1, -0.05) is 12.1 Å². The molecule has 2 atom stereocenters. The van der Waals surface area contributed by atoms with Gasteiger partial charge in [0.05, 0.1) is 7.11 Å². The van der Waals surface area contributed by atoms with Crippen molar-refractivity contribution >= 4 is 13.6 Å². The van der Waals surface area contributed by atoms with Crippen LogP contribution in [0.4, 0.5) is 4.39 Å². The minimum Gasteiger partial charge on any atom is -0.467 e. The van der Waals surface area contributed by atoms with Crippen molar-refractivity contribution < 1.29 is 23.7 Å². The Morgan fingerprint density at radius 3 is 2.84 bits per heavy atom. The molecule has 7 heteroatoms. The van der Waals surface area contributed by atoms with Gasteiger partial charge < -0.3 is 19.7 Å². The number of nitrogens with one attached hydrogen (secondary N) is 1. The molecule has 2 N–H and O–H groups in total. The zero-order chi connectivity index (χ0) is 14.3. The smallest absolute Gasteiger partial charge is 0.360 e. The van der Waals surface area contributed by atoms with Crippen LogP contribution in [-0.2, 0) is 20.6 Å². The first-order chi connectivity index (χ1) is 9.08. The van der Waals surface area contributed by atoms with Crippen molar-refractivity contribution in [2.45, 2.75) is 18.6 Å². The number of carbonyl (C=O) groups excluding carboxylic acids is 1. The first kappa shape index (κ1) is 15.6. The van der Waals surface area contributed by atoms with Crippen molar-refractivity contribution in [3.05, 3.63) is 35.6 Å². The lowest BCUT2D eigenvalue weighted by Crippen LogP contribution is -2.48. The summed E-state index contributed by atoms with van der Waals surface area (Å²) in [6, 6.07) is 5.36. The average Bonchev–Trinajstić information content (AvgIpc) is 2.41. The highest BCUT2D eigenvalue weighted by Crippen LogP contribution is 2.09. The molecule has 0 aliphatic rings. The summed E-state index contributed by atoms with van der Waals surface area (Å²) in [6.07, 6.45) is -1.07. The molecule has 0 bridgehead atoms. The Morgan fingerprint density at radius 2 is 2.26 bits per heavy atom. The molecule has 0 aliphatic carbocycles. The van der Waals surface area contributed by atoms with Crippen LogP contribution < -0.4 is 5.23 Å². The van der Waals surface area contributed by atoms with Gasteiger partial charge in [-0.25, -0.2) is 9.18 Å². The highest BCUT2D eigenvalue weighted by molar-refractivity contribution is 6.23. The maximum Gasteiger partial charge on any atom is 0.360 e. The Bertz CT molecular complexity index is 418. The summed E-state index contributed by atoms with van der Waals surface area (Å²) in [4.78, 5) is 11.3. The van der Waals surface area contributed by atoms with Crippen LogP contribution in [0.25, 0.3) is 0 Å². The summed E-state index contributed by atoms with van der Waals surface area (Å²) in [5.41, 5.74) is 0.663. The molecule has 0 aliphatic heterocycles. The minimum absolute atomic E-state index is 0.161. The topological polar surface area (TPSA) is 67.8 Å². The normalized spacial score (nSPS) is 13.7. The molecule has 0 radical (unpaired) electrons. The predicted octanol–water partition coefficient (Wildman–Crippen LogP) is -0.227. The highest BCUT2D eigenvalue weighted by atomic mass is 19.1. The van der Waals surface area contributed by atoms with Gasteiger partial charge in [0.1, 0.15) is 5.82 Å². The first-order valence-electron chi connectivity index (χ1n) is 5.81. The molecular formula is C12H17BFNO4. The number of aliphatic hydroxyl groups is 1. The number of esters is 1. The molecule has 0 heterocycles. The SMILES string of the molecule is COBNC(Cc1cccc(F)c1)[C@@H](O)C(=O)OC. The van der Waals surface area contributed by atoms with E-state index in [0.717, 1.165) is 0 Å². The molecule has 19 heavy (non-hydrogen) atoms. The molecule has 0 fully saturated rings. The van der Waals surface area contributed by atoms with E-state index in [2.05, 4.69) is 9.96 Å². The third-order valence-electron chi connectivity index (χ3n) is 2.66. The zero-order valence-corrected chi connectivity index (χ0v) is 10.9. The van der Waals surface area contributed by atoms with Gasteiger partial charge in [0.25, 0.3) is 0 Å². The average molecular weight is 269 g/mol. The third-order valence-corrected chi connectivity index (χ3v) is 2.66. The van der Waals surface area contributed by atoms with E-state index < -0.39 is 18.1 Å². The highest BCUT2D eigenvalue weighted by Gasteiger charge is 2.26. The second kappa shape index (κ2) is 7.88. The van der Waals surface area contributed by atoms with E-state index in [1.54, 1.807) is 12.1 Å². The second-order valence-corrected chi connectivity index (χ2v) is 4.05. The van der Waals surface area contributed by atoms with Crippen molar-refractivity contribution in [3.63, 3.8) is 0 Å². The Balaban J connectivity index is 2.76. The van der Waals surface area contributed by atoms with Crippen LogP contribution >= 0.6 is 0 Å². The Kier molecular flexibility index (Phi) is 6.48. The fourth-order valence-electron chi connectivity index (χ4n) is 1.69. The number of carbonyl (C=O) groups is 1. The number of hydrogen-bond donors (Lipinski definition) is 2. The molecule has 0 aromatic heterocycles. The fraction of sp³-hybridized carbons (Fsp3) is 0.417. The molecule has 0 amide bonds. The van der Waals surface area contributed by atoms with Crippen LogP contribution in [0.15, 0.2) is 24.3 Å². The largest absolute Gasteiger partial charge is 0.467 e. The number of rotatable bonds is 7. The number of hydrogen-bond acceptors (Lipinski definition) is 5. The van der Waals surface area contributed by atoms with E-state index in [1.165, 1.54) is 26.4 Å². The van der Waals surface area contributed by atoms with Crippen molar-refractivity contribution in [1.29, 1.82) is 0 Å². The molecule has 104 valence electrons. The van der Waals surface area contributed by atoms with Crippen molar-refractivity contribution in [2.24, 2.45) is 0 Å². The monoisotopic (exact) mass is 269 g/mol. The predicted molar refractivity (Wildman–Crippen MR) is 69.2 cm³/mol. The molecular weight excluding hydrogens is 252 g/mol. The Hall–Kier alpha value is -1.44. The van der Waals surface area contributed by atoms with Crippen LogP contribution in [-0.4, -0.2) is 45.1 Å². The summed E-state index contributed by atoms with van der Waals surface area (Å²) >= 11 is 0. The Labute approximate surface area is 112 Å². The summed E-state index contributed by atoms with van der Waals surface area (Å²) in [7, 11) is 2.84. The second-order valence-electron chi connectivity index (χ2n) is 4.05. The van der Waals surface area contributed by atoms with E-state index in [-0.39, 0.29) is 19.9 Å². The molecule has 0 saturated heterocycles. The lowest BCUT2D eigenvalue weighted by atomic mass is 9.98.